The van der Waals surface area contributed by atoms with Gasteiger partial charge in [-0.05, 0) is 20.3 Å². The van der Waals surface area contributed by atoms with Gasteiger partial charge >= 0.3 is 0 Å². The fraction of sp³-hybridized carbons (Fsp3) is 0.727. The summed E-state index contributed by atoms with van der Waals surface area (Å²) < 4.78 is 27.9. The highest BCUT2D eigenvalue weighted by atomic mass is 32.2. The Morgan fingerprint density at radius 1 is 1.50 bits per heavy atom. The van der Waals surface area contributed by atoms with Crippen molar-refractivity contribution in [3.8, 4) is 0 Å². The van der Waals surface area contributed by atoms with Crippen LogP contribution in [0.15, 0.2) is 4.90 Å². The first-order valence-corrected chi connectivity index (χ1v) is 7.44. The van der Waals surface area contributed by atoms with Crippen LogP contribution in [0.4, 0.5) is 5.82 Å². The summed E-state index contributed by atoms with van der Waals surface area (Å²) in [5.41, 5.74) is 6.26. The number of nitrogen functional groups attached to an aromatic ring is 1. The van der Waals surface area contributed by atoms with Crippen molar-refractivity contribution < 1.29 is 8.42 Å². The molecule has 0 saturated carbocycles. The highest BCUT2D eigenvalue weighted by Gasteiger charge is 2.31. The van der Waals surface area contributed by atoms with Crippen LogP contribution in [0, 0.1) is 6.92 Å². The molecule has 0 spiro atoms. The van der Waals surface area contributed by atoms with Crippen molar-refractivity contribution in [3.63, 3.8) is 0 Å². The van der Waals surface area contributed by atoms with E-state index in [9.17, 15) is 8.42 Å². The Hall–Kier alpha value is -1.08. The molecule has 6 nitrogen and oxygen atoms in total. The van der Waals surface area contributed by atoms with Crippen LogP contribution in [0.2, 0.25) is 0 Å². The van der Waals surface area contributed by atoms with Gasteiger partial charge in [0, 0.05) is 20.1 Å². The van der Waals surface area contributed by atoms with Crippen molar-refractivity contribution in [2.75, 3.05) is 12.8 Å². The van der Waals surface area contributed by atoms with Gasteiger partial charge in [0.15, 0.2) is 5.82 Å². The van der Waals surface area contributed by atoms with Crippen molar-refractivity contribution in [3.05, 3.63) is 5.69 Å². The molecule has 1 rings (SSSR count). The summed E-state index contributed by atoms with van der Waals surface area (Å²) in [6.45, 7) is 5.62. The van der Waals surface area contributed by atoms with Crippen molar-refractivity contribution in [1.82, 2.24) is 14.1 Å². The number of sulfonamides is 1. The van der Waals surface area contributed by atoms with Crippen molar-refractivity contribution in [1.29, 1.82) is 0 Å². The second kappa shape index (κ2) is 5.27. The summed E-state index contributed by atoms with van der Waals surface area (Å²) in [7, 11) is -0.310. The molecule has 1 aromatic heterocycles. The van der Waals surface area contributed by atoms with Gasteiger partial charge in [-0.1, -0.05) is 13.3 Å². The molecule has 1 unspecified atom stereocenters. The van der Waals surface area contributed by atoms with Crippen LogP contribution in [-0.2, 0) is 17.1 Å². The van der Waals surface area contributed by atoms with Gasteiger partial charge in [-0.15, -0.1) is 0 Å². The second-order valence-electron chi connectivity index (χ2n) is 4.58. The van der Waals surface area contributed by atoms with E-state index < -0.39 is 10.0 Å². The molecule has 0 aliphatic heterocycles. The molecule has 2 N–H and O–H groups in total. The summed E-state index contributed by atoms with van der Waals surface area (Å²) in [5.74, 6) is 0.0607. The average Bonchev–Trinajstić information content (AvgIpc) is 2.52. The zero-order valence-electron chi connectivity index (χ0n) is 11.6. The quantitative estimate of drug-likeness (QED) is 0.872. The lowest BCUT2D eigenvalue weighted by atomic mass is 10.2. The van der Waals surface area contributed by atoms with Crippen LogP contribution < -0.4 is 5.73 Å². The summed E-state index contributed by atoms with van der Waals surface area (Å²) >= 11 is 0. The highest BCUT2D eigenvalue weighted by molar-refractivity contribution is 7.89. The lowest BCUT2D eigenvalue weighted by Gasteiger charge is -2.23. The number of nitrogens with two attached hydrogens (primary N) is 1. The standard InChI is InChI=1S/C11H22N4O2S/c1-6-7-8(2)15(5)18(16,17)10-9(3)14(4)13-11(10)12/h8H,6-7H2,1-5H3,(H2,12,13). The van der Waals surface area contributed by atoms with E-state index in [4.69, 9.17) is 5.73 Å². The Bertz CT molecular complexity index is 521. The van der Waals surface area contributed by atoms with Gasteiger partial charge in [0.2, 0.25) is 10.0 Å². The van der Waals surface area contributed by atoms with E-state index in [1.807, 2.05) is 13.8 Å². The van der Waals surface area contributed by atoms with Gasteiger partial charge in [-0.3, -0.25) is 4.68 Å². The Kier molecular flexibility index (Phi) is 4.39. The molecular weight excluding hydrogens is 252 g/mol. The fourth-order valence-electron chi connectivity index (χ4n) is 1.91. The number of anilines is 1. The maximum Gasteiger partial charge on any atom is 0.248 e. The lowest BCUT2D eigenvalue weighted by Crippen LogP contribution is -2.35. The van der Waals surface area contributed by atoms with Crippen LogP contribution in [-0.4, -0.2) is 35.6 Å². The molecule has 0 aliphatic rings. The van der Waals surface area contributed by atoms with E-state index >= 15 is 0 Å². The number of nitrogens with zero attached hydrogens (tertiary/aromatic N) is 3. The van der Waals surface area contributed by atoms with E-state index in [0.29, 0.717) is 5.69 Å². The maximum atomic E-state index is 12.5. The Labute approximate surface area is 109 Å². The number of hydrogen-bond acceptors (Lipinski definition) is 4. The Morgan fingerprint density at radius 3 is 2.44 bits per heavy atom. The number of rotatable bonds is 5. The smallest absolute Gasteiger partial charge is 0.248 e. The normalized spacial score (nSPS) is 14.1. The lowest BCUT2D eigenvalue weighted by molar-refractivity contribution is 0.368. The summed E-state index contributed by atoms with van der Waals surface area (Å²) in [5, 5.41) is 3.95. The topological polar surface area (TPSA) is 81.2 Å². The number of hydrogen-bond donors (Lipinski definition) is 1. The molecule has 0 radical (unpaired) electrons. The summed E-state index contributed by atoms with van der Waals surface area (Å²) in [4.78, 5) is 0.121. The molecular formula is C11H22N4O2S. The van der Waals surface area contributed by atoms with Crippen LogP contribution in [0.3, 0.4) is 0 Å². The third-order valence-corrected chi connectivity index (χ3v) is 5.41. The summed E-state index contributed by atoms with van der Waals surface area (Å²) in [6.07, 6.45) is 1.75. The monoisotopic (exact) mass is 274 g/mol. The van der Waals surface area contributed by atoms with Crippen LogP contribution in [0.1, 0.15) is 32.4 Å². The molecule has 0 aliphatic carbocycles. The molecule has 7 heteroatoms. The molecule has 0 fully saturated rings. The van der Waals surface area contributed by atoms with Gasteiger partial charge < -0.3 is 5.73 Å². The van der Waals surface area contributed by atoms with Gasteiger partial charge in [-0.25, -0.2) is 8.42 Å². The minimum atomic E-state index is -3.58. The number of aromatic nitrogens is 2. The van der Waals surface area contributed by atoms with E-state index in [0.717, 1.165) is 12.8 Å². The molecule has 0 saturated heterocycles. The molecule has 18 heavy (non-hydrogen) atoms. The van der Waals surface area contributed by atoms with Gasteiger partial charge in [0.05, 0.1) is 5.69 Å². The van der Waals surface area contributed by atoms with E-state index in [1.54, 1.807) is 21.0 Å². The van der Waals surface area contributed by atoms with Gasteiger partial charge in [0.25, 0.3) is 0 Å². The molecule has 0 bridgehead atoms. The van der Waals surface area contributed by atoms with E-state index in [2.05, 4.69) is 5.10 Å². The Balaban J connectivity index is 3.21. The van der Waals surface area contributed by atoms with Crippen molar-refractivity contribution >= 4 is 15.8 Å². The van der Waals surface area contributed by atoms with Crippen LogP contribution >= 0.6 is 0 Å². The zero-order valence-corrected chi connectivity index (χ0v) is 12.5. The predicted octanol–water partition coefficient (Wildman–Crippen LogP) is 1.12. The molecule has 1 aromatic rings. The molecule has 104 valence electrons. The van der Waals surface area contributed by atoms with Crippen molar-refractivity contribution in [2.24, 2.45) is 7.05 Å². The third-order valence-electron chi connectivity index (χ3n) is 3.27. The SMILES string of the molecule is CCCC(C)N(C)S(=O)(=O)c1c(N)nn(C)c1C. The molecule has 1 atom stereocenters. The average molecular weight is 274 g/mol. The van der Waals surface area contributed by atoms with Crippen LogP contribution in [0.25, 0.3) is 0 Å². The largest absolute Gasteiger partial charge is 0.381 e. The Morgan fingerprint density at radius 2 is 2.06 bits per heavy atom. The molecule has 0 aromatic carbocycles. The number of aryl methyl sites for hydroxylation is 1. The first kappa shape index (κ1) is 15.0. The zero-order chi connectivity index (χ0) is 14.1. The maximum absolute atomic E-state index is 12.5. The first-order chi connectivity index (χ1) is 8.23. The highest BCUT2D eigenvalue weighted by Crippen LogP contribution is 2.26. The minimum absolute atomic E-state index is 0.0565. The van der Waals surface area contributed by atoms with Gasteiger partial charge in [-0.2, -0.15) is 9.40 Å². The van der Waals surface area contributed by atoms with Crippen LogP contribution in [0.5, 0.6) is 0 Å². The van der Waals surface area contributed by atoms with E-state index in [1.165, 1.54) is 8.99 Å². The molecule has 1 heterocycles. The fourth-order valence-corrected chi connectivity index (χ4v) is 3.59. The second-order valence-corrected chi connectivity index (χ2v) is 6.52. The van der Waals surface area contributed by atoms with Gasteiger partial charge in [0.1, 0.15) is 4.90 Å². The van der Waals surface area contributed by atoms with E-state index in [-0.39, 0.29) is 16.8 Å². The summed E-state index contributed by atoms with van der Waals surface area (Å²) in [6, 6.07) is -0.0565. The predicted molar refractivity (Wildman–Crippen MR) is 71.7 cm³/mol. The minimum Gasteiger partial charge on any atom is -0.381 e. The van der Waals surface area contributed by atoms with Crippen molar-refractivity contribution in [2.45, 2.75) is 44.6 Å². The molecule has 0 amide bonds. The third kappa shape index (κ3) is 2.51. The first-order valence-electron chi connectivity index (χ1n) is 6.00.